The van der Waals surface area contributed by atoms with Crippen LogP contribution in [-0.2, 0) is 24.4 Å². The van der Waals surface area contributed by atoms with Gasteiger partial charge in [0, 0.05) is 34.4 Å². The van der Waals surface area contributed by atoms with Crippen LogP contribution in [0.2, 0.25) is 0 Å². The third kappa shape index (κ3) is 4.56. The molecule has 1 heterocycles. The molecule has 3 aliphatic carbocycles. The molecule has 0 amide bonds. The summed E-state index contributed by atoms with van der Waals surface area (Å²) < 4.78 is 17.5. The van der Waals surface area contributed by atoms with Gasteiger partial charge in [-0.15, -0.1) is 0 Å². The Morgan fingerprint density at radius 1 is 0.979 bits per heavy atom. The second-order valence-electron chi connectivity index (χ2n) is 13.2. The second-order valence-corrected chi connectivity index (χ2v) is 13.2. The zero-order chi connectivity index (χ0) is 33.4. The number of aromatic hydroxyl groups is 1. The Morgan fingerprint density at radius 3 is 2.40 bits per heavy atom. The van der Waals surface area contributed by atoms with Crippen molar-refractivity contribution in [3.63, 3.8) is 0 Å². The average molecular weight is 640 g/mol. The van der Waals surface area contributed by atoms with Crippen molar-refractivity contribution in [2.24, 2.45) is 11.8 Å². The van der Waals surface area contributed by atoms with Gasteiger partial charge in [-0.2, -0.15) is 0 Å². The van der Waals surface area contributed by atoms with Crippen molar-refractivity contribution in [3.8, 4) is 17.4 Å². The first-order chi connectivity index (χ1) is 22.5. The van der Waals surface area contributed by atoms with Crippen LogP contribution in [0, 0.1) is 11.8 Å². The first kappa shape index (κ1) is 30.9. The van der Waals surface area contributed by atoms with Crippen molar-refractivity contribution in [2.45, 2.75) is 37.6 Å². The molecular formula is C36H37N3O8. The van der Waals surface area contributed by atoms with Gasteiger partial charge in [-0.1, -0.05) is 42.5 Å². The molecule has 0 aliphatic heterocycles. The molecule has 0 spiro atoms. The summed E-state index contributed by atoms with van der Waals surface area (Å²) in [5.74, 6) is -3.35. The van der Waals surface area contributed by atoms with Gasteiger partial charge in [0.05, 0.1) is 18.7 Å². The van der Waals surface area contributed by atoms with Gasteiger partial charge in [0.15, 0.2) is 11.4 Å². The Kier molecular flexibility index (Phi) is 7.38. The smallest absolute Gasteiger partial charge is 0.265 e. The molecule has 4 aromatic rings. The number of methoxy groups -OCH3 is 1. The van der Waals surface area contributed by atoms with Gasteiger partial charge in [0.1, 0.15) is 29.4 Å². The minimum Gasteiger partial charge on any atom is -0.507 e. The Balaban J connectivity index is 1.36. The summed E-state index contributed by atoms with van der Waals surface area (Å²) in [6, 6.07) is 14.3. The fraction of sp³-hybridized carbons (Fsp3) is 0.361. The monoisotopic (exact) mass is 639 g/mol. The zero-order valence-electron chi connectivity index (χ0n) is 26.9. The quantitative estimate of drug-likeness (QED) is 0.247. The van der Waals surface area contributed by atoms with E-state index in [9.17, 15) is 24.9 Å². The summed E-state index contributed by atoms with van der Waals surface area (Å²) in [6.07, 6.45) is 0.405. The maximum Gasteiger partial charge on any atom is 0.265 e. The van der Waals surface area contributed by atoms with E-state index in [-0.39, 0.29) is 53.5 Å². The molecule has 0 bridgehead atoms. The summed E-state index contributed by atoms with van der Waals surface area (Å²) in [7, 11) is 8.97. The number of hydrogen-bond donors (Lipinski definition) is 3. The number of phenolic OH excluding ortho intramolecular Hbond substituents is 1. The van der Waals surface area contributed by atoms with E-state index in [4.69, 9.17) is 14.0 Å². The highest BCUT2D eigenvalue weighted by atomic mass is 16.5. The van der Waals surface area contributed by atoms with Crippen molar-refractivity contribution >= 4 is 28.1 Å². The van der Waals surface area contributed by atoms with Gasteiger partial charge in [0.2, 0.25) is 11.6 Å². The van der Waals surface area contributed by atoms with Crippen LogP contribution >= 0.6 is 0 Å². The Labute approximate surface area is 271 Å². The van der Waals surface area contributed by atoms with Gasteiger partial charge in [-0.05, 0) is 69.3 Å². The zero-order valence-corrected chi connectivity index (χ0v) is 26.9. The highest BCUT2D eigenvalue weighted by Gasteiger charge is 2.65. The maximum absolute atomic E-state index is 14.5. The molecule has 11 heteroatoms. The van der Waals surface area contributed by atoms with Crippen LogP contribution in [-0.4, -0.2) is 82.7 Å². The topological polar surface area (TPSA) is 146 Å². The number of aromatic nitrogens is 1. The average Bonchev–Trinajstić information content (AvgIpc) is 3.45. The number of rotatable bonds is 7. The van der Waals surface area contributed by atoms with E-state index in [2.05, 4.69) is 5.16 Å². The SMILES string of the molecule is COc1c2c(c(O)c3cc(CN(C)C)ccc13)C(O)=C1C(=O)[C@]3(O)C(=O)c4c(OCc5ccccc5)noc4[C@@H](N(C)C)[C@@H]3C[C@@H]1C2. The number of benzene rings is 3. The van der Waals surface area contributed by atoms with Gasteiger partial charge in [-0.3, -0.25) is 14.5 Å². The van der Waals surface area contributed by atoms with E-state index in [1.54, 1.807) is 19.0 Å². The molecular weight excluding hydrogens is 602 g/mol. The molecule has 11 nitrogen and oxygen atoms in total. The van der Waals surface area contributed by atoms with E-state index in [1.807, 2.05) is 67.5 Å². The molecule has 0 unspecified atom stereocenters. The first-order valence-electron chi connectivity index (χ1n) is 15.5. The molecule has 0 saturated heterocycles. The van der Waals surface area contributed by atoms with E-state index in [0.717, 1.165) is 11.1 Å². The molecule has 3 aromatic carbocycles. The predicted octanol–water partition coefficient (Wildman–Crippen LogP) is 4.44. The fourth-order valence-corrected chi connectivity index (χ4v) is 7.83. The maximum atomic E-state index is 14.5. The fourth-order valence-electron chi connectivity index (χ4n) is 7.83. The van der Waals surface area contributed by atoms with Crippen LogP contribution in [0.3, 0.4) is 0 Å². The lowest BCUT2D eigenvalue weighted by Gasteiger charge is -2.49. The number of phenols is 1. The molecule has 3 aliphatic rings. The number of aliphatic hydroxyl groups excluding tert-OH is 1. The highest BCUT2D eigenvalue weighted by molar-refractivity contribution is 6.26. The Bertz CT molecular complexity index is 1960. The normalized spacial score (nSPS) is 23.5. The molecule has 1 saturated carbocycles. The third-order valence-electron chi connectivity index (χ3n) is 9.80. The molecule has 244 valence electrons. The number of fused-ring (bicyclic) bond motifs is 5. The molecule has 1 fully saturated rings. The number of ketones is 2. The van der Waals surface area contributed by atoms with Gasteiger partial charge in [0.25, 0.3) is 5.88 Å². The van der Waals surface area contributed by atoms with E-state index >= 15 is 0 Å². The molecule has 4 atom stereocenters. The highest BCUT2D eigenvalue weighted by Crippen LogP contribution is 2.57. The Hall–Kier alpha value is -4.71. The summed E-state index contributed by atoms with van der Waals surface area (Å²) in [6.45, 7) is 0.708. The molecule has 1 aromatic heterocycles. The van der Waals surface area contributed by atoms with Crippen LogP contribution in [0.4, 0.5) is 0 Å². The number of nitrogens with zero attached hydrogens (tertiary/aromatic N) is 3. The van der Waals surface area contributed by atoms with Crippen molar-refractivity contribution < 1.29 is 38.9 Å². The van der Waals surface area contributed by atoms with Crippen LogP contribution in [0.15, 0.2) is 58.6 Å². The summed E-state index contributed by atoms with van der Waals surface area (Å²) in [5.41, 5.74) is -0.321. The summed E-state index contributed by atoms with van der Waals surface area (Å²) in [4.78, 5) is 32.6. The number of Topliss-reactive ketones (excluding diaryl/α,β-unsaturated/α-hetero) is 2. The van der Waals surface area contributed by atoms with E-state index < -0.39 is 40.8 Å². The van der Waals surface area contributed by atoms with Crippen LogP contribution in [0.5, 0.6) is 17.4 Å². The van der Waals surface area contributed by atoms with Gasteiger partial charge >= 0.3 is 0 Å². The molecule has 47 heavy (non-hydrogen) atoms. The molecule has 0 radical (unpaired) electrons. The number of carbonyl (C=O) groups is 2. The van der Waals surface area contributed by atoms with Gasteiger partial charge < -0.3 is 34.2 Å². The lowest BCUT2D eigenvalue weighted by atomic mass is 9.57. The van der Waals surface area contributed by atoms with Crippen LogP contribution in [0.1, 0.15) is 50.8 Å². The lowest BCUT2D eigenvalue weighted by Crippen LogP contribution is -2.63. The van der Waals surface area contributed by atoms with E-state index in [0.29, 0.717) is 28.6 Å². The minimum absolute atomic E-state index is 0.0722. The standard InChI is InChI=1S/C36H37N3O8/c1-38(2)16-19-11-12-21-22(13-19)29(40)26-23(31(21)45-5)14-20-15-24-28(39(3)4)32-27(34(43)36(24,44)33(42)25(20)30(26)41)35(37-47-32)46-17-18-9-7-6-8-10-18/h6-13,20,24,28,40-41,44H,14-17H2,1-5H3/t20-,24-,28-,36-/m0/s1. The number of hydrogen-bond acceptors (Lipinski definition) is 11. The van der Waals surface area contributed by atoms with Crippen molar-refractivity contribution in [3.05, 3.63) is 87.7 Å². The van der Waals surface area contributed by atoms with Crippen molar-refractivity contribution in [2.75, 3.05) is 35.3 Å². The van der Waals surface area contributed by atoms with Gasteiger partial charge in [-0.25, -0.2) is 0 Å². The number of aliphatic hydroxyl groups is 2. The summed E-state index contributed by atoms with van der Waals surface area (Å²) in [5, 5.41) is 41.0. The predicted molar refractivity (Wildman–Crippen MR) is 172 cm³/mol. The largest absolute Gasteiger partial charge is 0.507 e. The lowest BCUT2D eigenvalue weighted by molar-refractivity contribution is -0.142. The molecule has 3 N–H and O–H groups in total. The molecule has 7 rings (SSSR count). The Morgan fingerprint density at radius 2 is 1.72 bits per heavy atom. The number of ether oxygens (including phenoxy) is 2. The second kappa shape index (κ2) is 11.2. The van der Waals surface area contributed by atoms with Crippen molar-refractivity contribution in [1.82, 2.24) is 15.0 Å². The number of carbonyl (C=O) groups excluding carboxylic acids is 2. The van der Waals surface area contributed by atoms with Crippen LogP contribution in [0.25, 0.3) is 16.5 Å². The van der Waals surface area contributed by atoms with Crippen molar-refractivity contribution in [1.29, 1.82) is 0 Å². The summed E-state index contributed by atoms with van der Waals surface area (Å²) >= 11 is 0. The first-order valence-corrected chi connectivity index (χ1v) is 15.5. The minimum atomic E-state index is -2.54. The van der Waals surface area contributed by atoms with E-state index in [1.165, 1.54) is 7.11 Å². The third-order valence-corrected chi connectivity index (χ3v) is 9.80. The van der Waals surface area contributed by atoms with Crippen LogP contribution < -0.4 is 9.47 Å².